The Balaban J connectivity index is 3.28. The van der Waals surface area contributed by atoms with Crippen molar-refractivity contribution in [2.45, 2.75) is 12.8 Å². The molecule has 0 aliphatic heterocycles. The average Bonchev–Trinajstić information content (AvgIpc) is 2.08. The number of hydrogen-bond donors (Lipinski definition) is 0. The monoisotopic (exact) mass is 204 g/mol. The van der Waals surface area contributed by atoms with Gasteiger partial charge in [-0.3, -0.25) is 0 Å². The van der Waals surface area contributed by atoms with E-state index in [1.165, 1.54) is 0 Å². The Morgan fingerprint density at radius 1 is 1.42 bits per heavy atom. The van der Waals surface area contributed by atoms with Gasteiger partial charge in [0, 0.05) is 5.56 Å². The van der Waals surface area contributed by atoms with Crippen molar-refractivity contribution < 1.29 is 4.74 Å². The number of benzene rings is 1. The van der Waals surface area contributed by atoms with E-state index in [2.05, 4.69) is 0 Å². The molecule has 0 heterocycles. The molecule has 0 aromatic heterocycles. The van der Waals surface area contributed by atoms with Crippen LogP contribution in [0.1, 0.15) is 11.1 Å². The van der Waals surface area contributed by atoms with Crippen molar-refractivity contribution in [1.82, 2.24) is 0 Å². The van der Waals surface area contributed by atoms with Crippen LogP contribution < -0.4 is 4.74 Å². The van der Waals surface area contributed by atoms with Crippen LogP contribution in [-0.4, -0.2) is 7.11 Å². The predicted molar refractivity (Wildman–Crippen MR) is 52.3 cm³/mol. The maximum Gasteiger partial charge on any atom is 0.142 e. The lowest BCUT2D eigenvalue weighted by molar-refractivity contribution is 0.411. The molecule has 0 spiro atoms. The summed E-state index contributed by atoms with van der Waals surface area (Å²) < 4.78 is 5.13. The lowest BCUT2D eigenvalue weighted by Gasteiger charge is -2.10. The van der Waals surface area contributed by atoms with Crippen molar-refractivity contribution in [2.75, 3.05) is 7.11 Å². The van der Waals surface area contributed by atoms with Gasteiger partial charge in [-0.1, -0.05) is 17.7 Å². The van der Waals surface area contributed by atoms with Crippen LogP contribution in [0, 0.1) is 6.92 Å². The van der Waals surface area contributed by atoms with E-state index in [0.717, 1.165) is 11.1 Å². The largest absolute Gasteiger partial charge is 0.495 e. The molecule has 3 heteroatoms. The Morgan fingerprint density at radius 3 is 2.50 bits per heavy atom. The van der Waals surface area contributed by atoms with Gasteiger partial charge in [-0.2, -0.15) is 0 Å². The molecular formula is C9H10Cl2O. The quantitative estimate of drug-likeness (QED) is 0.672. The molecule has 0 amide bonds. The second-order valence-electron chi connectivity index (χ2n) is 2.51. The van der Waals surface area contributed by atoms with Gasteiger partial charge in [0.1, 0.15) is 5.75 Å². The summed E-state index contributed by atoms with van der Waals surface area (Å²) in [6.07, 6.45) is 0. The standard InChI is InChI=1S/C9H10Cl2O/c1-6-3-4-8(11)9(12-2)7(6)5-10/h3-4H,5H2,1-2H3. The molecule has 0 N–H and O–H groups in total. The van der Waals surface area contributed by atoms with Crippen LogP contribution in [0.5, 0.6) is 5.75 Å². The summed E-state index contributed by atoms with van der Waals surface area (Å²) in [6, 6.07) is 3.74. The number of halogens is 2. The summed E-state index contributed by atoms with van der Waals surface area (Å²) in [6.45, 7) is 1.98. The number of ether oxygens (including phenoxy) is 1. The molecule has 0 aliphatic carbocycles. The molecule has 12 heavy (non-hydrogen) atoms. The first-order valence-electron chi connectivity index (χ1n) is 3.58. The van der Waals surface area contributed by atoms with E-state index in [1.807, 2.05) is 19.1 Å². The first-order chi connectivity index (χ1) is 5.70. The summed E-state index contributed by atoms with van der Waals surface area (Å²) in [7, 11) is 1.59. The molecule has 0 radical (unpaired) electrons. The van der Waals surface area contributed by atoms with E-state index in [9.17, 15) is 0 Å². The van der Waals surface area contributed by atoms with Gasteiger partial charge in [0.05, 0.1) is 18.0 Å². The summed E-state index contributed by atoms with van der Waals surface area (Å²) in [5.74, 6) is 1.11. The third-order valence-corrected chi connectivity index (χ3v) is 2.35. The molecule has 0 atom stereocenters. The van der Waals surface area contributed by atoms with E-state index in [1.54, 1.807) is 7.11 Å². The maximum atomic E-state index is 5.90. The first-order valence-corrected chi connectivity index (χ1v) is 4.50. The molecule has 1 aromatic rings. The normalized spacial score (nSPS) is 10.0. The smallest absolute Gasteiger partial charge is 0.142 e. The van der Waals surface area contributed by atoms with Crippen LogP contribution in [0.2, 0.25) is 5.02 Å². The number of alkyl halides is 1. The van der Waals surface area contributed by atoms with Gasteiger partial charge in [0.2, 0.25) is 0 Å². The third kappa shape index (κ3) is 1.67. The predicted octanol–water partition coefficient (Wildman–Crippen LogP) is 3.40. The number of methoxy groups -OCH3 is 1. The molecule has 0 bridgehead atoms. The van der Waals surface area contributed by atoms with Gasteiger partial charge >= 0.3 is 0 Å². The Hall–Kier alpha value is -0.400. The van der Waals surface area contributed by atoms with E-state index in [0.29, 0.717) is 16.7 Å². The highest BCUT2D eigenvalue weighted by Gasteiger charge is 2.08. The Morgan fingerprint density at radius 2 is 2.08 bits per heavy atom. The minimum Gasteiger partial charge on any atom is -0.495 e. The van der Waals surface area contributed by atoms with Crippen LogP contribution in [0.4, 0.5) is 0 Å². The summed E-state index contributed by atoms with van der Waals surface area (Å²) in [4.78, 5) is 0. The molecule has 0 fully saturated rings. The van der Waals surface area contributed by atoms with Crippen LogP contribution in [0.3, 0.4) is 0 Å². The average molecular weight is 205 g/mol. The second-order valence-corrected chi connectivity index (χ2v) is 3.18. The Kier molecular flexibility index (Phi) is 3.24. The SMILES string of the molecule is COc1c(Cl)ccc(C)c1CCl. The number of rotatable bonds is 2. The fourth-order valence-electron chi connectivity index (χ4n) is 1.08. The highest BCUT2D eigenvalue weighted by Crippen LogP contribution is 2.31. The molecule has 0 unspecified atom stereocenters. The molecular weight excluding hydrogens is 195 g/mol. The summed E-state index contributed by atoms with van der Waals surface area (Å²) in [5.41, 5.74) is 2.07. The fourth-order valence-corrected chi connectivity index (χ4v) is 1.67. The van der Waals surface area contributed by atoms with Gasteiger partial charge in [0.15, 0.2) is 0 Å². The van der Waals surface area contributed by atoms with E-state index >= 15 is 0 Å². The molecule has 0 saturated heterocycles. The molecule has 0 aliphatic rings. The topological polar surface area (TPSA) is 9.23 Å². The molecule has 1 nitrogen and oxygen atoms in total. The minimum absolute atomic E-state index is 0.426. The summed E-state index contributed by atoms with van der Waals surface area (Å²) >= 11 is 11.6. The zero-order valence-electron chi connectivity index (χ0n) is 7.03. The molecule has 66 valence electrons. The van der Waals surface area contributed by atoms with Crippen molar-refractivity contribution in [2.24, 2.45) is 0 Å². The zero-order chi connectivity index (χ0) is 9.14. The lowest BCUT2D eigenvalue weighted by atomic mass is 10.1. The van der Waals surface area contributed by atoms with E-state index in [4.69, 9.17) is 27.9 Å². The zero-order valence-corrected chi connectivity index (χ0v) is 8.54. The van der Waals surface area contributed by atoms with E-state index < -0.39 is 0 Å². The second kappa shape index (κ2) is 4.01. The number of hydrogen-bond acceptors (Lipinski definition) is 1. The Bertz CT molecular complexity index is 255. The van der Waals surface area contributed by atoms with Crippen LogP contribution >= 0.6 is 23.2 Å². The van der Waals surface area contributed by atoms with Gasteiger partial charge in [-0.15, -0.1) is 11.6 Å². The highest BCUT2D eigenvalue weighted by molar-refractivity contribution is 6.32. The molecule has 1 rings (SSSR count). The van der Waals surface area contributed by atoms with Gasteiger partial charge in [0.25, 0.3) is 0 Å². The first kappa shape index (κ1) is 9.69. The molecule has 1 aromatic carbocycles. The van der Waals surface area contributed by atoms with Crippen molar-refractivity contribution in [3.8, 4) is 5.75 Å². The lowest BCUT2D eigenvalue weighted by Crippen LogP contribution is -1.93. The summed E-state index contributed by atoms with van der Waals surface area (Å²) in [5, 5.41) is 0.610. The number of aryl methyl sites for hydroxylation is 1. The van der Waals surface area contributed by atoms with Crippen LogP contribution in [0.15, 0.2) is 12.1 Å². The Labute approximate surface area is 82.2 Å². The fraction of sp³-hybridized carbons (Fsp3) is 0.333. The van der Waals surface area contributed by atoms with E-state index in [-0.39, 0.29) is 0 Å². The van der Waals surface area contributed by atoms with Crippen molar-refractivity contribution in [1.29, 1.82) is 0 Å². The minimum atomic E-state index is 0.426. The van der Waals surface area contributed by atoms with Crippen molar-refractivity contribution >= 4 is 23.2 Å². The van der Waals surface area contributed by atoms with Crippen molar-refractivity contribution in [3.05, 3.63) is 28.3 Å². The van der Waals surface area contributed by atoms with Gasteiger partial charge in [-0.25, -0.2) is 0 Å². The molecule has 0 saturated carbocycles. The van der Waals surface area contributed by atoms with Crippen molar-refractivity contribution in [3.63, 3.8) is 0 Å². The third-order valence-electron chi connectivity index (χ3n) is 1.78. The van der Waals surface area contributed by atoms with Crippen LogP contribution in [-0.2, 0) is 5.88 Å². The van der Waals surface area contributed by atoms with Gasteiger partial charge in [-0.05, 0) is 18.6 Å². The van der Waals surface area contributed by atoms with Crippen LogP contribution in [0.25, 0.3) is 0 Å². The maximum absolute atomic E-state index is 5.90. The van der Waals surface area contributed by atoms with Gasteiger partial charge < -0.3 is 4.74 Å². The highest BCUT2D eigenvalue weighted by atomic mass is 35.5.